The Labute approximate surface area is 286 Å². The van der Waals surface area contributed by atoms with E-state index in [9.17, 15) is 9.59 Å². The predicted octanol–water partition coefficient (Wildman–Crippen LogP) is 6.98. The van der Waals surface area contributed by atoms with Crippen molar-refractivity contribution in [3.8, 4) is 11.5 Å². The molecule has 1 aliphatic heterocycles. The number of halogens is 4. The van der Waals surface area contributed by atoms with Gasteiger partial charge in [0, 0.05) is 36.9 Å². The van der Waals surface area contributed by atoms with Crippen LogP contribution in [-0.2, 0) is 20.9 Å². The van der Waals surface area contributed by atoms with Crippen LogP contribution < -0.4 is 25.5 Å². The number of nitrogens with one attached hydrogen (secondary N) is 3. The molecule has 230 valence electrons. The van der Waals surface area contributed by atoms with Crippen LogP contribution in [0.3, 0.4) is 0 Å². The van der Waals surface area contributed by atoms with Gasteiger partial charge in [0.2, 0.25) is 0 Å². The van der Waals surface area contributed by atoms with Crippen molar-refractivity contribution in [2.45, 2.75) is 26.5 Å². The fourth-order valence-corrected chi connectivity index (χ4v) is 6.33. The third-order valence-corrected chi connectivity index (χ3v) is 8.02. The largest absolute Gasteiger partial charge is 0.487 e. The van der Waals surface area contributed by atoms with E-state index in [-0.39, 0.29) is 19.8 Å². The van der Waals surface area contributed by atoms with Gasteiger partial charge in [-0.2, -0.15) is 5.10 Å². The Hall–Kier alpha value is -3.16. The summed E-state index contributed by atoms with van der Waals surface area (Å²) in [7, 11) is 0. The maximum Gasteiger partial charge on any atom is 0.338 e. The van der Waals surface area contributed by atoms with Gasteiger partial charge in [0.05, 0.1) is 28.9 Å². The molecule has 14 heteroatoms. The van der Waals surface area contributed by atoms with Gasteiger partial charge in [-0.1, -0.05) is 63.4 Å². The molecule has 3 aromatic carbocycles. The van der Waals surface area contributed by atoms with E-state index in [0.717, 1.165) is 10.0 Å². The first-order chi connectivity index (χ1) is 21.1. The van der Waals surface area contributed by atoms with E-state index in [1.54, 1.807) is 62.4 Å². The second-order valence-corrected chi connectivity index (χ2v) is 12.3. The maximum atomic E-state index is 12.8. The third-order valence-electron chi connectivity index (χ3n) is 6.17. The van der Waals surface area contributed by atoms with Gasteiger partial charge in [0.25, 0.3) is 5.91 Å². The molecule has 0 bridgehead atoms. The minimum Gasteiger partial charge on any atom is -0.487 e. The molecule has 0 spiro atoms. The lowest BCUT2D eigenvalue weighted by molar-refractivity contribution is -0.139. The number of para-hydroxylation sites is 1. The lowest BCUT2D eigenvalue weighted by atomic mass is 9.95. The van der Waals surface area contributed by atoms with Crippen molar-refractivity contribution in [2.24, 2.45) is 5.10 Å². The Balaban J connectivity index is 1.44. The van der Waals surface area contributed by atoms with Crippen molar-refractivity contribution in [2.75, 3.05) is 13.2 Å². The summed E-state index contributed by atoms with van der Waals surface area (Å²) in [6.45, 7) is 3.53. The van der Waals surface area contributed by atoms with Crippen LogP contribution in [0.25, 0.3) is 0 Å². The molecule has 9 nitrogen and oxygen atoms in total. The highest BCUT2D eigenvalue weighted by Gasteiger charge is 2.32. The summed E-state index contributed by atoms with van der Waals surface area (Å²) in [6.07, 6.45) is 1.46. The molecule has 0 unspecified atom stereocenters. The number of thiocarbonyl (C=S) groups is 1. The van der Waals surface area contributed by atoms with Gasteiger partial charge in [-0.25, -0.2) is 10.2 Å². The first-order valence-corrected chi connectivity index (χ1v) is 15.9. The van der Waals surface area contributed by atoms with Gasteiger partial charge in [0.15, 0.2) is 11.7 Å². The number of carbonyl (C=O) groups is 2. The van der Waals surface area contributed by atoms with Gasteiger partial charge in [-0.3, -0.25) is 4.79 Å². The normalized spacial score (nSPS) is 14.6. The fraction of sp³-hybridized carbons (Fsp3) is 0.200. The number of ether oxygens (including phenoxy) is 3. The Morgan fingerprint density at radius 1 is 1.11 bits per heavy atom. The summed E-state index contributed by atoms with van der Waals surface area (Å²) in [5.74, 6) is -0.115. The van der Waals surface area contributed by atoms with Gasteiger partial charge in [0.1, 0.15) is 18.1 Å². The average Bonchev–Trinajstić information content (AvgIpc) is 2.96. The molecule has 1 atom stereocenters. The summed E-state index contributed by atoms with van der Waals surface area (Å²) >= 11 is 24.6. The van der Waals surface area contributed by atoms with Crippen molar-refractivity contribution < 1.29 is 23.8 Å². The van der Waals surface area contributed by atoms with Crippen LogP contribution in [0.2, 0.25) is 10.0 Å². The number of allylic oxidation sites excluding steroid dienone is 1. The zero-order valence-electron chi connectivity index (χ0n) is 23.4. The highest BCUT2D eigenvalue weighted by atomic mass is 79.9. The standard InChI is InChI=1S/C30H26Br2Cl2N4O5S/c1-3-41-29(40)26-16(2)36-30(44)37-27(26)21-6-4-5-7-24(21)42-15-25(39)38-35-13-18-10-19(31)11-22(32)28(18)43-14-17-8-9-20(33)12-23(17)34/h4-13,27H,3,14-15H2,1-2H3,(H,38,39)(H2,36,37,44)/t27-/m0/s1. The van der Waals surface area contributed by atoms with Crippen LogP contribution in [0, 0.1) is 0 Å². The maximum absolute atomic E-state index is 12.8. The number of esters is 1. The number of hydrogen-bond donors (Lipinski definition) is 3. The second-order valence-electron chi connectivity index (χ2n) is 9.24. The Bertz CT molecular complexity index is 1650. The van der Waals surface area contributed by atoms with Crippen molar-refractivity contribution in [3.63, 3.8) is 0 Å². The lowest BCUT2D eigenvalue weighted by Gasteiger charge is -2.30. The Morgan fingerprint density at radius 2 is 1.89 bits per heavy atom. The number of carbonyl (C=O) groups excluding carboxylic acids is 2. The van der Waals surface area contributed by atoms with Crippen molar-refractivity contribution in [3.05, 3.63) is 102 Å². The van der Waals surface area contributed by atoms with E-state index in [4.69, 9.17) is 49.6 Å². The number of rotatable bonds is 11. The molecule has 0 fully saturated rings. The highest BCUT2D eigenvalue weighted by Crippen LogP contribution is 2.35. The SMILES string of the molecule is CCOC(=O)C1=C(C)NC(=S)N[C@H]1c1ccccc1OCC(=O)NN=Cc1cc(Br)cc(Br)c1OCc1ccc(Cl)cc1Cl. The van der Waals surface area contributed by atoms with E-state index in [1.807, 2.05) is 6.07 Å². The van der Waals surface area contributed by atoms with Crippen LogP contribution >= 0.6 is 67.3 Å². The molecule has 0 aliphatic carbocycles. The molecule has 4 rings (SSSR count). The Morgan fingerprint density at radius 3 is 2.64 bits per heavy atom. The van der Waals surface area contributed by atoms with E-state index in [1.165, 1.54) is 6.21 Å². The molecule has 1 aliphatic rings. The predicted molar refractivity (Wildman–Crippen MR) is 181 cm³/mol. The first-order valence-electron chi connectivity index (χ1n) is 13.1. The van der Waals surface area contributed by atoms with Crippen molar-refractivity contribution >= 4 is 90.5 Å². The van der Waals surface area contributed by atoms with Gasteiger partial charge in [-0.05, 0) is 72.3 Å². The molecular weight excluding hydrogens is 759 g/mol. The molecule has 0 radical (unpaired) electrons. The topological polar surface area (TPSA) is 110 Å². The zero-order valence-corrected chi connectivity index (χ0v) is 28.9. The third kappa shape index (κ3) is 8.72. The van der Waals surface area contributed by atoms with E-state index >= 15 is 0 Å². The van der Waals surface area contributed by atoms with Gasteiger partial charge in [-0.15, -0.1) is 0 Å². The molecule has 0 saturated carbocycles. The van der Waals surface area contributed by atoms with Crippen LogP contribution in [0.1, 0.15) is 36.6 Å². The van der Waals surface area contributed by atoms with Crippen molar-refractivity contribution in [1.82, 2.24) is 16.1 Å². The van der Waals surface area contributed by atoms with Crippen LogP contribution in [0.5, 0.6) is 11.5 Å². The minimum absolute atomic E-state index is 0.180. The van der Waals surface area contributed by atoms with Gasteiger partial charge < -0.3 is 24.8 Å². The van der Waals surface area contributed by atoms with Gasteiger partial charge >= 0.3 is 5.97 Å². The molecule has 3 N–H and O–H groups in total. The fourth-order valence-electron chi connectivity index (χ4n) is 4.22. The molecule has 1 heterocycles. The minimum atomic E-state index is -0.642. The monoisotopic (exact) mass is 782 g/mol. The van der Waals surface area contributed by atoms with Crippen LogP contribution in [0.4, 0.5) is 0 Å². The summed E-state index contributed by atoms with van der Waals surface area (Å²) < 4.78 is 18.6. The highest BCUT2D eigenvalue weighted by molar-refractivity contribution is 9.11. The molecule has 0 aromatic heterocycles. The molecule has 3 aromatic rings. The molecular formula is C30H26Br2Cl2N4O5S. The molecule has 1 amide bonds. The zero-order chi connectivity index (χ0) is 31.8. The number of benzene rings is 3. The average molecular weight is 785 g/mol. The lowest BCUT2D eigenvalue weighted by Crippen LogP contribution is -2.45. The summed E-state index contributed by atoms with van der Waals surface area (Å²) in [5.41, 5.74) is 5.34. The first kappa shape index (κ1) is 33.7. The summed E-state index contributed by atoms with van der Waals surface area (Å²) in [4.78, 5) is 25.5. The van der Waals surface area contributed by atoms with Crippen LogP contribution in [0.15, 0.2) is 79.9 Å². The van der Waals surface area contributed by atoms with E-state index < -0.39 is 17.9 Å². The second kappa shape index (κ2) is 15.7. The number of hydrogen-bond acceptors (Lipinski definition) is 7. The number of nitrogens with zero attached hydrogens (tertiary/aromatic N) is 1. The molecule has 0 saturated heterocycles. The number of amides is 1. The Kier molecular flexibility index (Phi) is 12.0. The summed E-state index contributed by atoms with van der Waals surface area (Å²) in [5, 5.41) is 11.5. The van der Waals surface area contributed by atoms with E-state index in [2.05, 4.69) is 53.0 Å². The number of hydrazone groups is 1. The molecule has 44 heavy (non-hydrogen) atoms. The summed E-state index contributed by atoms with van der Waals surface area (Å²) in [6, 6.07) is 15.2. The smallest absolute Gasteiger partial charge is 0.338 e. The quantitative estimate of drug-likeness (QED) is 0.0828. The van der Waals surface area contributed by atoms with Crippen LogP contribution in [-0.4, -0.2) is 36.4 Å². The van der Waals surface area contributed by atoms with Crippen molar-refractivity contribution in [1.29, 1.82) is 0 Å². The van der Waals surface area contributed by atoms with E-state index in [0.29, 0.717) is 53.5 Å².